The number of aryl methyl sites for hydroxylation is 1. The van der Waals surface area contributed by atoms with E-state index in [1.54, 1.807) is 60.9 Å². The summed E-state index contributed by atoms with van der Waals surface area (Å²) in [4.78, 5) is 30.5. The third-order valence-electron chi connectivity index (χ3n) is 4.60. The van der Waals surface area contributed by atoms with Crippen LogP contribution in [0.4, 0.5) is 5.69 Å². The molecule has 2 aromatic carbocycles. The Morgan fingerprint density at radius 2 is 2.03 bits per heavy atom. The van der Waals surface area contributed by atoms with Crippen LogP contribution in [0.2, 0.25) is 5.02 Å². The van der Waals surface area contributed by atoms with Gasteiger partial charge in [0.1, 0.15) is 5.75 Å². The number of carbonyl (C=O) groups excluding carboxylic acids is 2. The average Bonchev–Trinajstić information content (AvgIpc) is 3.29. The van der Waals surface area contributed by atoms with Crippen LogP contribution in [-0.2, 0) is 11.3 Å². The Hall–Kier alpha value is -3.32. The second-order valence-corrected chi connectivity index (χ2v) is 7.50. The number of rotatable bonds is 10. The number of ether oxygens (including phenoxy) is 1. The Balaban J connectivity index is 1.45. The molecular formula is C23H25ClN4O3. The third kappa shape index (κ3) is 7.15. The molecule has 0 aliphatic carbocycles. The number of amides is 2. The Morgan fingerprint density at radius 3 is 2.81 bits per heavy atom. The maximum Gasteiger partial charge on any atom is 0.253 e. The molecule has 2 amide bonds. The summed E-state index contributed by atoms with van der Waals surface area (Å²) in [6.07, 6.45) is 6.15. The topological polar surface area (TPSA) is 76.5 Å². The quantitative estimate of drug-likeness (QED) is 0.481. The number of hydrogen-bond donors (Lipinski definition) is 1. The van der Waals surface area contributed by atoms with Crippen LogP contribution in [0.25, 0.3) is 0 Å². The van der Waals surface area contributed by atoms with Crippen molar-refractivity contribution < 1.29 is 14.3 Å². The largest absolute Gasteiger partial charge is 0.493 e. The number of nitrogens with zero attached hydrogens (tertiary/aromatic N) is 3. The number of hydrogen-bond acceptors (Lipinski definition) is 4. The fourth-order valence-corrected chi connectivity index (χ4v) is 3.15. The van der Waals surface area contributed by atoms with Crippen molar-refractivity contribution in [3.63, 3.8) is 0 Å². The zero-order valence-corrected chi connectivity index (χ0v) is 18.1. The molecule has 1 heterocycles. The van der Waals surface area contributed by atoms with E-state index in [0.29, 0.717) is 54.6 Å². The molecule has 0 bridgehead atoms. The highest BCUT2D eigenvalue weighted by Crippen LogP contribution is 2.17. The fourth-order valence-electron chi connectivity index (χ4n) is 2.97. The van der Waals surface area contributed by atoms with Crippen molar-refractivity contribution >= 4 is 29.1 Å². The van der Waals surface area contributed by atoms with Crippen molar-refractivity contribution in [2.45, 2.75) is 19.4 Å². The predicted octanol–water partition coefficient (Wildman–Crippen LogP) is 4.11. The van der Waals surface area contributed by atoms with E-state index < -0.39 is 0 Å². The van der Waals surface area contributed by atoms with Crippen LogP contribution in [0.5, 0.6) is 5.75 Å². The first kappa shape index (κ1) is 22.4. The first-order valence-corrected chi connectivity index (χ1v) is 10.4. The van der Waals surface area contributed by atoms with Gasteiger partial charge in [0, 0.05) is 55.2 Å². The van der Waals surface area contributed by atoms with Gasteiger partial charge in [-0.2, -0.15) is 0 Å². The van der Waals surface area contributed by atoms with Crippen LogP contribution in [0.3, 0.4) is 0 Å². The number of carbonyl (C=O) groups is 2. The van der Waals surface area contributed by atoms with Gasteiger partial charge in [0.2, 0.25) is 5.91 Å². The maximum atomic E-state index is 12.7. The van der Waals surface area contributed by atoms with Crippen LogP contribution in [-0.4, -0.2) is 46.5 Å². The van der Waals surface area contributed by atoms with Crippen LogP contribution in [0.15, 0.2) is 67.3 Å². The number of nitrogens with one attached hydrogen (secondary N) is 1. The van der Waals surface area contributed by atoms with Crippen LogP contribution in [0.1, 0.15) is 23.2 Å². The highest BCUT2D eigenvalue weighted by molar-refractivity contribution is 6.30. The molecule has 0 saturated heterocycles. The highest BCUT2D eigenvalue weighted by atomic mass is 35.5. The third-order valence-corrected chi connectivity index (χ3v) is 4.83. The molecule has 3 rings (SSSR count). The first-order valence-electron chi connectivity index (χ1n) is 10.0. The lowest BCUT2D eigenvalue weighted by atomic mass is 10.1. The lowest BCUT2D eigenvalue weighted by Gasteiger charge is -2.18. The van der Waals surface area contributed by atoms with Gasteiger partial charge in [-0.3, -0.25) is 9.59 Å². The molecule has 8 heteroatoms. The summed E-state index contributed by atoms with van der Waals surface area (Å²) in [5.74, 6) is 0.472. The minimum atomic E-state index is -0.121. The smallest absolute Gasteiger partial charge is 0.253 e. The fraction of sp³-hybridized carbons (Fsp3) is 0.261. The number of aromatic nitrogens is 2. The number of benzene rings is 2. The minimum absolute atomic E-state index is 0.114. The van der Waals surface area contributed by atoms with Crippen LogP contribution < -0.4 is 10.1 Å². The summed E-state index contributed by atoms with van der Waals surface area (Å²) in [6, 6.07) is 14.2. The maximum absolute atomic E-state index is 12.7. The van der Waals surface area contributed by atoms with Gasteiger partial charge in [0.15, 0.2) is 0 Å². The van der Waals surface area contributed by atoms with Gasteiger partial charge in [-0.1, -0.05) is 23.7 Å². The number of halogens is 1. The van der Waals surface area contributed by atoms with E-state index >= 15 is 0 Å². The van der Waals surface area contributed by atoms with E-state index in [1.807, 2.05) is 22.9 Å². The van der Waals surface area contributed by atoms with Crippen molar-refractivity contribution in [3.8, 4) is 5.75 Å². The zero-order chi connectivity index (χ0) is 22.1. The summed E-state index contributed by atoms with van der Waals surface area (Å²) in [7, 11) is 1.75. The van der Waals surface area contributed by atoms with Gasteiger partial charge in [-0.15, -0.1) is 0 Å². The molecule has 1 N–H and O–H groups in total. The van der Waals surface area contributed by atoms with Crippen LogP contribution >= 0.6 is 11.6 Å². The van der Waals surface area contributed by atoms with Gasteiger partial charge >= 0.3 is 0 Å². The molecule has 0 aliphatic rings. The Bertz CT molecular complexity index is 1010. The van der Waals surface area contributed by atoms with Crippen molar-refractivity contribution in [2.75, 3.05) is 25.5 Å². The normalized spacial score (nSPS) is 10.5. The summed E-state index contributed by atoms with van der Waals surface area (Å²) in [5.41, 5.74) is 1.12. The molecule has 7 nitrogen and oxygen atoms in total. The molecule has 0 atom stereocenters. The Kier molecular flexibility index (Phi) is 8.06. The van der Waals surface area contributed by atoms with E-state index in [0.717, 1.165) is 0 Å². The molecule has 162 valence electrons. The van der Waals surface area contributed by atoms with Crippen molar-refractivity contribution in [3.05, 3.63) is 77.8 Å². The SMILES string of the molecule is CN(CCCOc1cccc(Cl)c1)C(=O)c1cccc(NC(=O)CCn2ccnc2)c1. The summed E-state index contributed by atoms with van der Waals surface area (Å²) >= 11 is 5.94. The number of anilines is 1. The standard InChI is InChI=1S/C23H25ClN4O3/c1-27(11-4-14-31-21-8-3-6-19(24)16-21)23(30)18-5-2-7-20(15-18)26-22(29)9-12-28-13-10-25-17-28/h2-3,5-8,10,13,15-17H,4,9,11-12,14H2,1H3,(H,26,29). The lowest BCUT2D eigenvalue weighted by molar-refractivity contribution is -0.116. The minimum Gasteiger partial charge on any atom is -0.493 e. The molecule has 31 heavy (non-hydrogen) atoms. The Labute approximate surface area is 186 Å². The molecule has 0 saturated carbocycles. The molecule has 0 radical (unpaired) electrons. The van der Waals surface area contributed by atoms with Gasteiger partial charge in [-0.25, -0.2) is 4.98 Å². The Morgan fingerprint density at radius 1 is 1.19 bits per heavy atom. The predicted molar refractivity (Wildman–Crippen MR) is 120 cm³/mol. The van der Waals surface area contributed by atoms with Gasteiger partial charge in [0.25, 0.3) is 5.91 Å². The monoisotopic (exact) mass is 440 g/mol. The summed E-state index contributed by atoms with van der Waals surface area (Å²) in [5, 5.41) is 3.46. The van der Waals surface area contributed by atoms with Gasteiger partial charge < -0.3 is 19.5 Å². The van der Waals surface area contributed by atoms with Crippen LogP contribution in [0, 0.1) is 0 Å². The van der Waals surface area contributed by atoms with Crippen molar-refractivity contribution in [1.29, 1.82) is 0 Å². The lowest BCUT2D eigenvalue weighted by Crippen LogP contribution is -2.28. The first-order chi connectivity index (χ1) is 15.0. The van der Waals surface area contributed by atoms with E-state index in [2.05, 4.69) is 10.3 Å². The number of imidazole rings is 1. The second-order valence-electron chi connectivity index (χ2n) is 7.07. The second kappa shape index (κ2) is 11.2. The highest BCUT2D eigenvalue weighted by Gasteiger charge is 2.13. The molecule has 0 fully saturated rings. The summed E-state index contributed by atoms with van der Waals surface area (Å²) in [6.45, 7) is 1.57. The summed E-state index contributed by atoms with van der Waals surface area (Å²) < 4.78 is 7.50. The van der Waals surface area contributed by atoms with Crippen molar-refractivity contribution in [2.24, 2.45) is 0 Å². The molecule has 1 aromatic heterocycles. The van der Waals surface area contributed by atoms with Gasteiger partial charge in [0.05, 0.1) is 12.9 Å². The van der Waals surface area contributed by atoms with E-state index in [9.17, 15) is 9.59 Å². The van der Waals surface area contributed by atoms with Crippen molar-refractivity contribution in [1.82, 2.24) is 14.5 Å². The molecule has 0 unspecified atom stereocenters. The van der Waals surface area contributed by atoms with E-state index in [-0.39, 0.29) is 11.8 Å². The molecule has 3 aromatic rings. The average molecular weight is 441 g/mol. The van der Waals surface area contributed by atoms with Gasteiger partial charge in [-0.05, 0) is 42.8 Å². The van der Waals surface area contributed by atoms with E-state index in [1.165, 1.54) is 0 Å². The molecular weight excluding hydrogens is 416 g/mol. The molecule has 0 spiro atoms. The van der Waals surface area contributed by atoms with E-state index in [4.69, 9.17) is 16.3 Å². The molecule has 0 aliphatic heterocycles. The zero-order valence-electron chi connectivity index (χ0n) is 17.3.